The van der Waals surface area contributed by atoms with Gasteiger partial charge in [-0.1, -0.05) is 34.8 Å². The maximum atomic E-state index is 10.4. The second kappa shape index (κ2) is 4.68. The van der Waals surface area contributed by atoms with Crippen LogP contribution in [0.5, 0.6) is 5.88 Å². The molecule has 0 aromatic carbocycles. The molecule has 1 aromatic heterocycles. The molecule has 0 aliphatic carbocycles. The van der Waals surface area contributed by atoms with Crippen LogP contribution in [0.4, 0.5) is 0 Å². The van der Waals surface area contributed by atoms with Crippen LogP contribution >= 0.6 is 34.8 Å². The van der Waals surface area contributed by atoms with Gasteiger partial charge in [-0.25, -0.2) is 9.68 Å². The molecule has 0 fully saturated rings. The fourth-order valence-corrected chi connectivity index (χ4v) is 1.11. The van der Waals surface area contributed by atoms with Gasteiger partial charge in [0.25, 0.3) is 5.88 Å². The van der Waals surface area contributed by atoms with E-state index < -0.39 is 5.97 Å². The number of hydrogen-bond donors (Lipinski definition) is 0. The molecule has 0 saturated carbocycles. The number of pyridine rings is 1. The van der Waals surface area contributed by atoms with Crippen LogP contribution < -0.4 is 4.89 Å². The maximum absolute atomic E-state index is 10.4. The van der Waals surface area contributed by atoms with Crippen LogP contribution in [0.2, 0.25) is 15.2 Å². The molecule has 1 aromatic rings. The van der Waals surface area contributed by atoms with Crippen molar-refractivity contribution in [2.45, 2.75) is 6.92 Å². The van der Waals surface area contributed by atoms with Gasteiger partial charge in [0.2, 0.25) is 0 Å². The molecule has 0 bridgehead atoms. The van der Waals surface area contributed by atoms with E-state index in [1.165, 1.54) is 13.0 Å². The van der Waals surface area contributed by atoms with Gasteiger partial charge in [0.15, 0.2) is 5.15 Å². The van der Waals surface area contributed by atoms with Gasteiger partial charge in [0.05, 0.1) is 5.02 Å². The van der Waals surface area contributed by atoms with Crippen LogP contribution in [0.1, 0.15) is 6.92 Å². The monoisotopic (exact) mass is 255 g/mol. The Hall–Kier alpha value is -0.710. The van der Waals surface area contributed by atoms with Crippen molar-refractivity contribution in [2.75, 3.05) is 0 Å². The van der Waals surface area contributed by atoms with E-state index >= 15 is 0 Å². The first kappa shape index (κ1) is 11.4. The zero-order chi connectivity index (χ0) is 10.7. The van der Waals surface area contributed by atoms with E-state index in [1.54, 1.807) is 0 Å². The molecule has 0 aliphatic rings. The van der Waals surface area contributed by atoms with Gasteiger partial charge >= 0.3 is 5.97 Å². The molecule has 76 valence electrons. The summed E-state index contributed by atoms with van der Waals surface area (Å²) in [5.41, 5.74) is 0. The fourth-order valence-electron chi connectivity index (χ4n) is 0.585. The van der Waals surface area contributed by atoms with Crippen molar-refractivity contribution in [3.63, 3.8) is 0 Å². The van der Waals surface area contributed by atoms with E-state index in [0.29, 0.717) is 0 Å². The Labute approximate surface area is 94.6 Å². The van der Waals surface area contributed by atoms with Crippen molar-refractivity contribution in [1.82, 2.24) is 4.98 Å². The molecule has 4 nitrogen and oxygen atoms in total. The zero-order valence-electron chi connectivity index (χ0n) is 6.88. The highest BCUT2D eigenvalue weighted by Crippen LogP contribution is 2.30. The molecule has 0 unspecified atom stereocenters. The summed E-state index contributed by atoms with van der Waals surface area (Å²) in [7, 11) is 0. The van der Waals surface area contributed by atoms with E-state index in [-0.39, 0.29) is 21.1 Å². The average Bonchev–Trinajstić information content (AvgIpc) is 2.09. The maximum Gasteiger partial charge on any atom is 0.352 e. The normalized spacial score (nSPS) is 9.71. The lowest BCUT2D eigenvalue weighted by molar-refractivity contribution is -0.212. The number of aromatic nitrogens is 1. The van der Waals surface area contributed by atoms with E-state index in [1.807, 2.05) is 0 Å². The molecule has 0 amide bonds. The number of carbonyl (C=O) groups is 1. The van der Waals surface area contributed by atoms with Gasteiger partial charge in [-0.2, -0.15) is 4.98 Å². The summed E-state index contributed by atoms with van der Waals surface area (Å²) in [6.45, 7) is 1.17. The minimum absolute atomic E-state index is 0.0122. The second-order valence-electron chi connectivity index (χ2n) is 2.21. The lowest BCUT2D eigenvalue weighted by Gasteiger charge is -2.04. The minimum atomic E-state index is -0.631. The van der Waals surface area contributed by atoms with Crippen molar-refractivity contribution < 1.29 is 14.6 Å². The quantitative estimate of drug-likeness (QED) is 0.464. The summed E-state index contributed by atoms with van der Waals surface area (Å²) >= 11 is 16.8. The fraction of sp³-hybridized carbons (Fsp3) is 0.143. The van der Waals surface area contributed by atoms with Crippen LogP contribution in [0.25, 0.3) is 0 Å². The Morgan fingerprint density at radius 1 is 1.36 bits per heavy atom. The molecule has 0 aliphatic heterocycles. The summed E-state index contributed by atoms with van der Waals surface area (Å²) in [6.07, 6.45) is 0. The third-order valence-electron chi connectivity index (χ3n) is 1.09. The molecule has 0 spiro atoms. The van der Waals surface area contributed by atoms with Crippen LogP contribution in [0.15, 0.2) is 6.07 Å². The van der Waals surface area contributed by atoms with Crippen molar-refractivity contribution in [3.8, 4) is 5.88 Å². The Bertz CT molecular complexity index is 369. The summed E-state index contributed by atoms with van der Waals surface area (Å²) < 4.78 is 0. The van der Waals surface area contributed by atoms with Crippen molar-refractivity contribution in [2.24, 2.45) is 0 Å². The molecule has 1 heterocycles. The van der Waals surface area contributed by atoms with Gasteiger partial charge in [-0.05, 0) is 6.07 Å². The molecular weight excluding hydrogens is 252 g/mol. The summed E-state index contributed by atoms with van der Waals surface area (Å²) in [4.78, 5) is 22.8. The van der Waals surface area contributed by atoms with E-state index in [9.17, 15) is 4.79 Å². The standard InChI is InChI=1S/C7H4Cl3NO3/c1-3(12)13-14-7-5(9)2-4(8)6(10)11-7/h2H,1H3. The second-order valence-corrected chi connectivity index (χ2v) is 3.38. The summed E-state index contributed by atoms with van der Waals surface area (Å²) in [6, 6.07) is 1.33. The molecule has 0 N–H and O–H groups in total. The first-order chi connectivity index (χ1) is 6.50. The Balaban J connectivity index is 2.87. The number of rotatable bonds is 2. The predicted molar refractivity (Wildman–Crippen MR) is 51.7 cm³/mol. The Kier molecular flexibility index (Phi) is 3.80. The average molecular weight is 256 g/mol. The lowest BCUT2D eigenvalue weighted by Crippen LogP contribution is -2.04. The third kappa shape index (κ3) is 2.90. The topological polar surface area (TPSA) is 48.4 Å². The zero-order valence-corrected chi connectivity index (χ0v) is 9.15. The highest BCUT2D eigenvalue weighted by molar-refractivity contribution is 6.42. The molecule has 0 saturated heterocycles. The molecule has 7 heteroatoms. The SMILES string of the molecule is CC(=O)OOc1nc(Cl)c(Cl)cc1Cl. The molecule has 0 radical (unpaired) electrons. The molecule has 14 heavy (non-hydrogen) atoms. The van der Waals surface area contributed by atoms with E-state index in [2.05, 4.69) is 14.8 Å². The van der Waals surface area contributed by atoms with Crippen molar-refractivity contribution in [3.05, 3.63) is 21.3 Å². The molecular formula is C7H4Cl3NO3. The number of hydrogen-bond acceptors (Lipinski definition) is 4. The number of halogens is 3. The van der Waals surface area contributed by atoms with Crippen molar-refractivity contribution in [1.29, 1.82) is 0 Å². The van der Waals surface area contributed by atoms with Gasteiger partial charge in [0, 0.05) is 6.92 Å². The lowest BCUT2D eigenvalue weighted by atomic mass is 10.5. The largest absolute Gasteiger partial charge is 0.352 e. The van der Waals surface area contributed by atoms with Crippen LogP contribution in [0, 0.1) is 0 Å². The van der Waals surface area contributed by atoms with Gasteiger partial charge < -0.3 is 0 Å². The highest BCUT2D eigenvalue weighted by Gasteiger charge is 2.10. The number of carbonyl (C=O) groups excluding carboxylic acids is 1. The summed E-state index contributed by atoms with van der Waals surface area (Å²) in [5, 5.41) is 0.297. The first-order valence-corrected chi connectivity index (χ1v) is 4.50. The number of nitrogens with zero attached hydrogens (tertiary/aromatic N) is 1. The van der Waals surface area contributed by atoms with Gasteiger partial charge in [0.1, 0.15) is 5.02 Å². The Morgan fingerprint density at radius 3 is 2.57 bits per heavy atom. The van der Waals surface area contributed by atoms with Crippen LogP contribution in [0.3, 0.4) is 0 Å². The first-order valence-electron chi connectivity index (χ1n) is 3.37. The third-order valence-corrected chi connectivity index (χ3v) is 2.04. The predicted octanol–water partition coefficient (Wildman–Crippen LogP) is 2.90. The van der Waals surface area contributed by atoms with Crippen LogP contribution in [-0.2, 0) is 9.68 Å². The van der Waals surface area contributed by atoms with E-state index in [0.717, 1.165) is 0 Å². The van der Waals surface area contributed by atoms with E-state index in [4.69, 9.17) is 34.8 Å². The smallest absolute Gasteiger partial charge is 0.264 e. The minimum Gasteiger partial charge on any atom is -0.264 e. The van der Waals surface area contributed by atoms with Crippen LogP contribution in [-0.4, -0.2) is 11.0 Å². The molecule has 0 atom stereocenters. The summed E-state index contributed by atoms with van der Waals surface area (Å²) in [5.74, 6) is -0.745. The van der Waals surface area contributed by atoms with Crippen molar-refractivity contribution >= 4 is 40.8 Å². The highest BCUT2D eigenvalue weighted by atomic mass is 35.5. The molecule has 1 rings (SSSR count). The Morgan fingerprint density at radius 2 is 2.00 bits per heavy atom. The van der Waals surface area contributed by atoms with Gasteiger partial charge in [-0.15, -0.1) is 0 Å². The van der Waals surface area contributed by atoms with Gasteiger partial charge in [-0.3, -0.25) is 4.89 Å².